The Bertz CT molecular complexity index is 1610. The first-order valence-corrected chi connectivity index (χ1v) is 12.3. The van der Waals surface area contributed by atoms with Gasteiger partial charge in [-0.25, -0.2) is 4.39 Å². The van der Waals surface area contributed by atoms with Crippen molar-refractivity contribution in [2.45, 2.75) is 20.4 Å². The van der Waals surface area contributed by atoms with E-state index in [1.807, 2.05) is 0 Å². The van der Waals surface area contributed by atoms with Crippen LogP contribution in [0.4, 0.5) is 14.5 Å². The molecule has 1 aliphatic rings. The predicted molar refractivity (Wildman–Crippen MR) is 129 cm³/mol. The zero-order valence-electron chi connectivity index (χ0n) is 18.7. The number of benzene rings is 2. The number of anilines is 1. The Morgan fingerprint density at radius 3 is 2.74 bits per heavy atom. The van der Waals surface area contributed by atoms with Crippen LogP contribution in [0.15, 0.2) is 41.2 Å². The van der Waals surface area contributed by atoms with Gasteiger partial charge in [-0.05, 0) is 12.1 Å². The van der Waals surface area contributed by atoms with Crippen LogP contribution in [0, 0.1) is 25.5 Å². The van der Waals surface area contributed by atoms with Crippen LogP contribution < -0.4 is 10.9 Å². The van der Waals surface area contributed by atoms with E-state index in [-0.39, 0.29) is 39.2 Å². The van der Waals surface area contributed by atoms with Gasteiger partial charge in [-0.2, -0.15) is 0 Å². The number of halogens is 2. The molecule has 0 atom stereocenters. The predicted octanol–water partition coefficient (Wildman–Crippen LogP) is 3.63. The molecule has 2 aromatic carbocycles. The van der Waals surface area contributed by atoms with Gasteiger partial charge in [0, 0.05) is 0 Å². The van der Waals surface area contributed by atoms with Crippen molar-refractivity contribution < 1.29 is 23.1 Å². The number of carbonyl (C=O) groups is 2. The summed E-state index contributed by atoms with van der Waals surface area (Å²) in [5, 5.41) is 2.73. The summed E-state index contributed by atoms with van der Waals surface area (Å²) in [6.45, 7) is 3.57. The molecule has 0 spiro atoms. The van der Waals surface area contributed by atoms with Gasteiger partial charge >= 0.3 is 182 Å². The average Bonchev–Trinajstić information content (AvgIpc) is 3.39. The first kappa shape index (κ1) is 23.0. The molecule has 3 heterocycles. The summed E-state index contributed by atoms with van der Waals surface area (Å²) in [7, 11) is 0. The van der Waals surface area contributed by atoms with Crippen LogP contribution in [-0.2, 0) is 16.1 Å². The van der Waals surface area contributed by atoms with E-state index in [1.165, 1.54) is 27.8 Å². The van der Waals surface area contributed by atoms with Crippen LogP contribution in [0.25, 0.3) is 21.3 Å². The fraction of sp³-hybridized carbons (Fsp3) is 0.160. The number of rotatable bonds is 5. The van der Waals surface area contributed by atoms with Crippen molar-refractivity contribution >= 4 is 53.6 Å². The maximum absolute atomic E-state index is 14.0. The third-order valence-electron chi connectivity index (χ3n) is 5.89. The molecule has 35 heavy (non-hydrogen) atoms. The Morgan fingerprint density at radius 2 is 1.97 bits per heavy atom. The monoisotopic (exact) mass is 543 g/mol. The third kappa shape index (κ3) is 4.05. The molecule has 2 aromatic heterocycles. The van der Waals surface area contributed by atoms with Gasteiger partial charge in [0.15, 0.2) is 0 Å². The van der Waals surface area contributed by atoms with Crippen molar-refractivity contribution in [1.82, 2.24) is 8.55 Å². The summed E-state index contributed by atoms with van der Waals surface area (Å²) in [6.07, 6.45) is 1.62. The van der Waals surface area contributed by atoms with E-state index in [9.17, 15) is 23.2 Å². The molecular weight excluding hydrogens is 523 g/mol. The van der Waals surface area contributed by atoms with Crippen LogP contribution in [0.3, 0.4) is 0 Å². The van der Waals surface area contributed by atoms with E-state index in [0.717, 1.165) is 0 Å². The van der Waals surface area contributed by atoms with E-state index in [4.69, 9.17) is 4.74 Å². The Hall–Kier alpha value is -3.75. The van der Waals surface area contributed by atoms with Crippen LogP contribution in [0.2, 0.25) is 0 Å². The number of aromatic amines is 1. The molecule has 7 nitrogen and oxygen atoms in total. The number of nitrogens with zero attached hydrogens (tertiary/aromatic N) is 1. The number of H-pyrrole nitrogens is 1. The number of ether oxygens (including phenoxy) is 1. The number of hydrogen-bond acceptors (Lipinski definition) is 4. The van der Waals surface area contributed by atoms with Gasteiger partial charge in [0.05, 0.1) is 0 Å². The number of carbonyl (C=O) groups excluding carboxylic acids is 2. The number of aryl methyl sites for hydroxylation is 1. The number of amides is 1. The number of hydrogen-bond donors (Lipinski definition) is 2. The molecule has 0 radical (unpaired) electrons. The number of fused-ring (bicyclic) bond motifs is 2. The molecular formula is C25H19F2N3O4Se. The Labute approximate surface area is 204 Å². The summed E-state index contributed by atoms with van der Waals surface area (Å²) in [4.78, 5) is 40.8. The van der Waals surface area contributed by atoms with Crippen LogP contribution >= 0.6 is 0 Å². The molecule has 0 saturated heterocycles. The van der Waals surface area contributed by atoms with Crippen LogP contribution in [0.1, 0.15) is 32.9 Å². The van der Waals surface area contributed by atoms with E-state index >= 15 is 0 Å². The third-order valence-corrected chi connectivity index (χ3v) is 8.21. The van der Waals surface area contributed by atoms with Gasteiger partial charge in [0.25, 0.3) is 0 Å². The van der Waals surface area contributed by atoms with Gasteiger partial charge in [0.2, 0.25) is 0 Å². The Kier molecular flexibility index (Phi) is 5.78. The second-order valence-corrected chi connectivity index (χ2v) is 10.3. The fourth-order valence-corrected chi connectivity index (χ4v) is 6.28. The molecule has 0 saturated carbocycles. The van der Waals surface area contributed by atoms with E-state index in [0.29, 0.717) is 43.6 Å². The first-order valence-electron chi connectivity index (χ1n) is 10.7. The van der Waals surface area contributed by atoms with Crippen molar-refractivity contribution in [3.05, 3.63) is 86.5 Å². The maximum atomic E-state index is 14.0. The standard InChI is InChI=1S/C25H19F2N3O4Se/c1-12-18(11-16-15-7-6-14(26)10-19(15)29-23(16)31)28-13(2)21(12)25(33)34-9-8-30-24(32)22-17(27)4-3-5-20(22)35-30/h3-7,10-11,28H,8-9H2,1-2H3,(H,29,31)/b16-11-. The number of esters is 1. The molecule has 0 fully saturated rings. The van der Waals surface area contributed by atoms with Crippen molar-refractivity contribution in [3.63, 3.8) is 0 Å². The molecule has 0 aliphatic carbocycles. The summed E-state index contributed by atoms with van der Waals surface area (Å²) in [5.41, 5.74) is 2.97. The number of nitrogens with one attached hydrogen (secondary N) is 2. The van der Waals surface area contributed by atoms with Crippen LogP contribution in [0.5, 0.6) is 0 Å². The van der Waals surface area contributed by atoms with Crippen molar-refractivity contribution in [2.75, 3.05) is 11.9 Å². The van der Waals surface area contributed by atoms with Gasteiger partial charge in [-0.1, -0.05) is 0 Å². The minimum atomic E-state index is -0.568. The fourth-order valence-electron chi connectivity index (χ4n) is 4.19. The minimum absolute atomic E-state index is 0.0379. The second kappa shape index (κ2) is 8.79. The molecule has 178 valence electrons. The molecule has 4 aromatic rings. The van der Waals surface area contributed by atoms with Crippen molar-refractivity contribution in [1.29, 1.82) is 0 Å². The zero-order valence-corrected chi connectivity index (χ0v) is 20.4. The van der Waals surface area contributed by atoms with E-state index in [1.54, 1.807) is 32.1 Å². The first-order chi connectivity index (χ1) is 16.7. The van der Waals surface area contributed by atoms with Gasteiger partial charge < -0.3 is 0 Å². The molecule has 2 N–H and O–H groups in total. The van der Waals surface area contributed by atoms with E-state index in [2.05, 4.69) is 10.3 Å². The summed E-state index contributed by atoms with van der Waals surface area (Å²) >= 11 is -0.374. The molecule has 5 rings (SSSR count). The van der Waals surface area contributed by atoms with Crippen molar-refractivity contribution in [2.24, 2.45) is 0 Å². The molecule has 0 unspecified atom stereocenters. The molecule has 0 bridgehead atoms. The molecule has 1 amide bonds. The Balaban J connectivity index is 1.34. The summed E-state index contributed by atoms with van der Waals surface area (Å²) < 4.78 is 35.1. The molecule has 10 heteroatoms. The van der Waals surface area contributed by atoms with Gasteiger partial charge in [-0.3, -0.25) is 0 Å². The SMILES string of the molecule is Cc1[nH]c(/C=C2\C(=O)Nc3cc(F)ccc32)c(C)c1C(=O)OCCn1[se]c2cccc(F)c2c1=O. The quantitative estimate of drug-likeness (QED) is 0.229. The normalized spacial score (nSPS) is 13.9. The van der Waals surface area contributed by atoms with Gasteiger partial charge in [0.1, 0.15) is 5.82 Å². The number of aromatic nitrogens is 2. The summed E-state index contributed by atoms with van der Waals surface area (Å²) in [5.74, 6) is -1.93. The van der Waals surface area contributed by atoms with Gasteiger partial charge in [-0.15, -0.1) is 0 Å². The zero-order chi connectivity index (χ0) is 24.9. The van der Waals surface area contributed by atoms with E-state index < -0.39 is 23.2 Å². The van der Waals surface area contributed by atoms with Crippen LogP contribution in [-0.4, -0.2) is 41.8 Å². The Morgan fingerprint density at radius 1 is 1.17 bits per heavy atom. The second-order valence-electron chi connectivity index (χ2n) is 8.11. The van der Waals surface area contributed by atoms with Crippen molar-refractivity contribution in [3.8, 4) is 0 Å². The average molecular weight is 542 g/mol. The molecule has 1 aliphatic heterocycles. The summed E-state index contributed by atoms with van der Waals surface area (Å²) in [6, 6.07) is 8.62. The topological polar surface area (TPSA) is 93.2 Å².